The fraction of sp³-hybridized carbons (Fsp3) is 0.130. The molecule has 0 fully saturated rings. The highest BCUT2D eigenvalue weighted by Gasteiger charge is 2.16. The molecule has 0 aliphatic heterocycles. The largest absolute Gasteiger partial charge is 0.376 e. The van der Waals surface area contributed by atoms with E-state index >= 15 is 0 Å². The quantitative estimate of drug-likeness (QED) is 0.621. The van der Waals surface area contributed by atoms with Crippen LogP contribution in [0.25, 0.3) is 0 Å². The first-order valence-corrected chi connectivity index (χ1v) is 9.33. The van der Waals surface area contributed by atoms with Crippen LogP contribution >= 0.6 is 0 Å². The van der Waals surface area contributed by atoms with E-state index in [2.05, 4.69) is 10.6 Å². The standard InChI is InChI=1S/C23H22FN3O2/c1-2-27(21-9-4-3-5-10-21)23(29)17-7-6-8-20(15-17)26-22(28)16-25-19-13-11-18(24)12-14-19/h3-15,25H,2,16H2,1H3,(H,26,28). The molecule has 0 aliphatic carbocycles. The normalized spacial score (nSPS) is 10.3. The number of rotatable bonds is 7. The summed E-state index contributed by atoms with van der Waals surface area (Å²) in [6, 6.07) is 22.0. The zero-order chi connectivity index (χ0) is 20.6. The summed E-state index contributed by atoms with van der Waals surface area (Å²) < 4.78 is 12.9. The first kappa shape index (κ1) is 20.1. The highest BCUT2D eigenvalue weighted by molar-refractivity contribution is 6.07. The van der Waals surface area contributed by atoms with Gasteiger partial charge in [0.2, 0.25) is 5.91 Å². The van der Waals surface area contributed by atoms with Gasteiger partial charge in [-0.05, 0) is 61.5 Å². The summed E-state index contributed by atoms with van der Waals surface area (Å²) in [5, 5.41) is 5.69. The number of hydrogen-bond acceptors (Lipinski definition) is 3. The Hall–Kier alpha value is -3.67. The van der Waals surface area contributed by atoms with Crippen LogP contribution in [0.5, 0.6) is 0 Å². The van der Waals surface area contributed by atoms with Gasteiger partial charge in [-0.2, -0.15) is 0 Å². The molecule has 0 bridgehead atoms. The van der Waals surface area contributed by atoms with Crippen LogP contribution in [0.4, 0.5) is 21.5 Å². The Morgan fingerprint density at radius 1 is 0.897 bits per heavy atom. The number of anilines is 3. The van der Waals surface area contributed by atoms with Crippen LogP contribution in [0.2, 0.25) is 0 Å². The van der Waals surface area contributed by atoms with Crippen molar-refractivity contribution in [2.45, 2.75) is 6.92 Å². The van der Waals surface area contributed by atoms with Gasteiger partial charge in [0.15, 0.2) is 0 Å². The molecule has 6 heteroatoms. The smallest absolute Gasteiger partial charge is 0.258 e. The fourth-order valence-corrected chi connectivity index (χ4v) is 2.89. The van der Waals surface area contributed by atoms with E-state index in [-0.39, 0.29) is 24.2 Å². The van der Waals surface area contributed by atoms with Crippen molar-refractivity contribution in [1.82, 2.24) is 0 Å². The van der Waals surface area contributed by atoms with E-state index in [9.17, 15) is 14.0 Å². The summed E-state index contributed by atoms with van der Waals surface area (Å²) in [6.07, 6.45) is 0. The molecule has 3 aromatic rings. The number of carbonyl (C=O) groups is 2. The molecule has 3 rings (SSSR count). The van der Waals surface area contributed by atoms with Crippen molar-refractivity contribution in [1.29, 1.82) is 0 Å². The van der Waals surface area contributed by atoms with Crippen LogP contribution in [-0.4, -0.2) is 24.9 Å². The molecule has 0 heterocycles. The van der Waals surface area contributed by atoms with Gasteiger partial charge in [0.05, 0.1) is 6.54 Å². The van der Waals surface area contributed by atoms with E-state index in [4.69, 9.17) is 0 Å². The van der Waals surface area contributed by atoms with Crippen LogP contribution in [0.1, 0.15) is 17.3 Å². The molecule has 2 N–H and O–H groups in total. The van der Waals surface area contributed by atoms with Gasteiger partial charge in [-0.3, -0.25) is 9.59 Å². The van der Waals surface area contributed by atoms with Crippen molar-refractivity contribution in [2.24, 2.45) is 0 Å². The number of halogens is 1. The molecule has 0 aliphatic rings. The van der Waals surface area contributed by atoms with Gasteiger partial charge in [0.25, 0.3) is 5.91 Å². The maximum Gasteiger partial charge on any atom is 0.258 e. The van der Waals surface area contributed by atoms with Crippen LogP contribution in [0.15, 0.2) is 78.9 Å². The third-order valence-electron chi connectivity index (χ3n) is 4.32. The Kier molecular flexibility index (Phi) is 6.58. The Morgan fingerprint density at radius 3 is 2.31 bits per heavy atom. The molecule has 0 radical (unpaired) electrons. The van der Waals surface area contributed by atoms with Crippen LogP contribution in [0, 0.1) is 5.82 Å². The molecule has 29 heavy (non-hydrogen) atoms. The third-order valence-corrected chi connectivity index (χ3v) is 4.32. The van der Waals surface area contributed by atoms with Crippen molar-refractivity contribution in [2.75, 3.05) is 28.6 Å². The van der Waals surface area contributed by atoms with Gasteiger partial charge < -0.3 is 15.5 Å². The third kappa shape index (κ3) is 5.42. The average molecular weight is 391 g/mol. The molecular formula is C23H22FN3O2. The second-order valence-corrected chi connectivity index (χ2v) is 6.37. The van der Waals surface area contributed by atoms with Gasteiger partial charge in [0, 0.05) is 29.2 Å². The van der Waals surface area contributed by atoms with Crippen molar-refractivity contribution < 1.29 is 14.0 Å². The molecule has 0 atom stereocenters. The fourth-order valence-electron chi connectivity index (χ4n) is 2.89. The van der Waals surface area contributed by atoms with E-state index in [0.29, 0.717) is 23.5 Å². The lowest BCUT2D eigenvalue weighted by atomic mass is 10.1. The maximum absolute atomic E-state index is 12.9. The second-order valence-electron chi connectivity index (χ2n) is 6.37. The lowest BCUT2D eigenvalue weighted by Crippen LogP contribution is -2.30. The van der Waals surface area contributed by atoms with Gasteiger partial charge >= 0.3 is 0 Å². The van der Waals surface area contributed by atoms with Crippen molar-refractivity contribution in [3.63, 3.8) is 0 Å². The first-order chi connectivity index (χ1) is 14.1. The minimum Gasteiger partial charge on any atom is -0.376 e. The summed E-state index contributed by atoms with van der Waals surface area (Å²) in [5.74, 6) is -0.744. The zero-order valence-electron chi connectivity index (χ0n) is 16.1. The summed E-state index contributed by atoms with van der Waals surface area (Å²) in [6.45, 7) is 2.47. The summed E-state index contributed by atoms with van der Waals surface area (Å²) in [5.41, 5.74) is 2.48. The lowest BCUT2D eigenvalue weighted by Gasteiger charge is -2.21. The van der Waals surface area contributed by atoms with Gasteiger partial charge in [0.1, 0.15) is 5.82 Å². The average Bonchev–Trinajstić information content (AvgIpc) is 2.75. The molecule has 0 unspecified atom stereocenters. The molecule has 148 valence electrons. The van der Waals surface area contributed by atoms with Crippen molar-refractivity contribution in [3.05, 3.63) is 90.2 Å². The topological polar surface area (TPSA) is 61.4 Å². The first-order valence-electron chi connectivity index (χ1n) is 9.33. The van der Waals surface area contributed by atoms with Gasteiger partial charge in [-0.25, -0.2) is 4.39 Å². The number of hydrogen-bond donors (Lipinski definition) is 2. The molecule has 5 nitrogen and oxygen atoms in total. The minimum atomic E-state index is -0.335. The number of para-hydroxylation sites is 1. The van der Waals surface area contributed by atoms with E-state index in [1.54, 1.807) is 41.3 Å². The Bertz CT molecular complexity index is 975. The number of nitrogens with zero attached hydrogens (tertiary/aromatic N) is 1. The SMILES string of the molecule is CCN(C(=O)c1cccc(NC(=O)CNc2ccc(F)cc2)c1)c1ccccc1. The number of benzene rings is 3. The molecule has 3 aromatic carbocycles. The van der Waals surface area contributed by atoms with E-state index in [1.165, 1.54) is 12.1 Å². The molecule has 2 amide bonds. The van der Waals surface area contributed by atoms with Gasteiger partial charge in [-0.1, -0.05) is 24.3 Å². The van der Waals surface area contributed by atoms with Crippen molar-refractivity contribution >= 4 is 28.9 Å². The summed E-state index contributed by atoms with van der Waals surface area (Å²) in [7, 11) is 0. The maximum atomic E-state index is 12.9. The second kappa shape index (κ2) is 9.50. The highest BCUT2D eigenvalue weighted by Crippen LogP contribution is 2.19. The minimum absolute atomic E-state index is 0.0227. The predicted molar refractivity (Wildman–Crippen MR) is 114 cm³/mol. The van der Waals surface area contributed by atoms with Crippen LogP contribution < -0.4 is 15.5 Å². The highest BCUT2D eigenvalue weighted by atomic mass is 19.1. The number of carbonyl (C=O) groups excluding carboxylic acids is 2. The summed E-state index contributed by atoms with van der Waals surface area (Å²) >= 11 is 0. The number of nitrogens with one attached hydrogen (secondary N) is 2. The lowest BCUT2D eigenvalue weighted by molar-refractivity contribution is -0.114. The summed E-state index contributed by atoms with van der Waals surface area (Å²) in [4.78, 5) is 26.8. The Balaban J connectivity index is 1.64. The van der Waals surface area contributed by atoms with E-state index in [0.717, 1.165) is 5.69 Å². The molecule has 0 aromatic heterocycles. The molecule has 0 spiro atoms. The van der Waals surface area contributed by atoms with Gasteiger partial charge in [-0.15, -0.1) is 0 Å². The van der Waals surface area contributed by atoms with Crippen LogP contribution in [-0.2, 0) is 4.79 Å². The van der Waals surface area contributed by atoms with E-state index < -0.39 is 0 Å². The predicted octanol–water partition coefficient (Wildman–Crippen LogP) is 4.54. The Morgan fingerprint density at radius 2 is 1.62 bits per heavy atom. The zero-order valence-corrected chi connectivity index (χ0v) is 16.1. The van der Waals surface area contributed by atoms with Crippen LogP contribution in [0.3, 0.4) is 0 Å². The Labute approximate surface area is 169 Å². The monoisotopic (exact) mass is 391 g/mol. The van der Waals surface area contributed by atoms with E-state index in [1.807, 2.05) is 37.3 Å². The molecule has 0 saturated heterocycles. The number of amides is 2. The molecule has 0 saturated carbocycles. The molecular weight excluding hydrogens is 369 g/mol. The van der Waals surface area contributed by atoms with Crippen molar-refractivity contribution in [3.8, 4) is 0 Å².